The lowest BCUT2D eigenvalue weighted by molar-refractivity contribution is -0.136. The van der Waals surface area contributed by atoms with Crippen molar-refractivity contribution in [1.29, 1.82) is 0 Å². The van der Waals surface area contributed by atoms with Gasteiger partial charge in [0.15, 0.2) is 0 Å². The van der Waals surface area contributed by atoms with Crippen molar-refractivity contribution in [3.8, 4) is 0 Å². The van der Waals surface area contributed by atoms with Crippen molar-refractivity contribution in [1.82, 2.24) is 16.1 Å². The van der Waals surface area contributed by atoms with Crippen LogP contribution in [-0.4, -0.2) is 29.0 Å². The quantitative estimate of drug-likeness (QED) is 0.250. The number of hydrogen-bond donors (Lipinski definition) is 4. The number of hydroxylamine groups is 1. The molecule has 0 radical (unpaired) electrons. The van der Waals surface area contributed by atoms with Gasteiger partial charge < -0.3 is 10.6 Å². The van der Waals surface area contributed by atoms with Crippen molar-refractivity contribution in [3.63, 3.8) is 0 Å². The number of rotatable bonds is 11. The Morgan fingerprint density at radius 3 is 2.20 bits per heavy atom. The van der Waals surface area contributed by atoms with E-state index in [0.29, 0.717) is 19.4 Å². The van der Waals surface area contributed by atoms with E-state index in [-0.39, 0.29) is 24.2 Å². The summed E-state index contributed by atoms with van der Waals surface area (Å²) in [5, 5.41) is 16.9. The molecule has 0 bridgehead atoms. The van der Waals surface area contributed by atoms with Crippen molar-refractivity contribution >= 4 is 28.5 Å². The van der Waals surface area contributed by atoms with E-state index in [1.807, 2.05) is 86.6 Å². The number of carbonyl (C=O) groups is 3. The summed E-state index contributed by atoms with van der Waals surface area (Å²) >= 11 is 0. The molecule has 3 rings (SSSR count). The number of nitrogens with one attached hydrogen (secondary N) is 3. The molecule has 35 heavy (non-hydrogen) atoms. The Balaban J connectivity index is 1.79. The van der Waals surface area contributed by atoms with E-state index in [0.717, 1.165) is 21.9 Å². The maximum Gasteiger partial charge on any atom is 0.244 e. The van der Waals surface area contributed by atoms with Crippen LogP contribution in [0.15, 0.2) is 72.8 Å². The molecule has 0 saturated carbocycles. The van der Waals surface area contributed by atoms with Crippen molar-refractivity contribution in [3.05, 3.63) is 83.9 Å². The lowest BCUT2D eigenvalue weighted by Gasteiger charge is -2.23. The van der Waals surface area contributed by atoms with Crippen LogP contribution in [0.3, 0.4) is 0 Å². The fourth-order valence-corrected chi connectivity index (χ4v) is 4.13. The maximum absolute atomic E-state index is 13.2. The standard InChI is InChI=1S/C28H33N3O4/c1-19(2)14-24(17-26(32)31-35)27(33)30-25(28(34)29-18-20-8-4-3-5-9-20)16-21-12-13-22-10-6-7-11-23(22)15-21/h3-13,15,19,24-25,35H,14,16-18H2,1-2H3,(H,29,34)(H,30,33)(H,31,32)/t24-,25-/m0/s1. The zero-order valence-corrected chi connectivity index (χ0v) is 20.2. The molecule has 4 N–H and O–H groups in total. The van der Waals surface area contributed by atoms with Crippen LogP contribution >= 0.6 is 0 Å². The van der Waals surface area contributed by atoms with Crippen LogP contribution in [0.5, 0.6) is 0 Å². The van der Waals surface area contributed by atoms with Gasteiger partial charge in [-0.05, 0) is 34.2 Å². The second-order valence-electron chi connectivity index (χ2n) is 9.22. The molecular formula is C28H33N3O4. The van der Waals surface area contributed by atoms with Gasteiger partial charge in [-0.1, -0.05) is 86.6 Å². The fourth-order valence-electron chi connectivity index (χ4n) is 4.13. The van der Waals surface area contributed by atoms with Crippen LogP contribution in [0.4, 0.5) is 0 Å². The third kappa shape index (κ3) is 7.93. The number of carbonyl (C=O) groups excluding carboxylic acids is 3. The summed E-state index contributed by atoms with van der Waals surface area (Å²) in [5.74, 6) is -1.83. The molecule has 184 valence electrons. The molecule has 0 aliphatic carbocycles. The van der Waals surface area contributed by atoms with E-state index >= 15 is 0 Å². The minimum atomic E-state index is -0.820. The lowest BCUT2D eigenvalue weighted by atomic mass is 9.92. The second kappa shape index (κ2) is 12.7. The van der Waals surface area contributed by atoms with Crippen molar-refractivity contribution < 1.29 is 19.6 Å². The average Bonchev–Trinajstić information content (AvgIpc) is 2.86. The maximum atomic E-state index is 13.2. The average molecular weight is 476 g/mol. The van der Waals surface area contributed by atoms with Crippen LogP contribution in [0, 0.1) is 11.8 Å². The molecule has 0 aliphatic heterocycles. The van der Waals surface area contributed by atoms with Gasteiger partial charge in [0.25, 0.3) is 0 Å². The van der Waals surface area contributed by atoms with E-state index in [9.17, 15) is 14.4 Å². The summed E-state index contributed by atoms with van der Waals surface area (Å²) in [5.41, 5.74) is 3.46. The molecule has 7 nitrogen and oxygen atoms in total. The summed E-state index contributed by atoms with van der Waals surface area (Å²) in [4.78, 5) is 38.1. The number of benzene rings is 3. The molecule has 3 aromatic carbocycles. The van der Waals surface area contributed by atoms with E-state index < -0.39 is 17.9 Å². The van der Waals surface area contributed by atoms with Crippen molar-refractivity contribution in [2.24, 2.45) is 11.8 Å². The molecule has 0 heterocycles. The van der Waals surface area contributed by atoms with Crippen LogP contribution < -0.4 is 16.1 Å². The highest BCUT2D eigenvalue weighted by Gasteiger charge is 2.28. The first-order valence-electron chi connectivity index (χ1n) is 11.9. The van der Waals surface area contributed by atoms with Crippen LogP contribution in [0.25, 0.3) is 10.8 Å². The van der Waals surface area contributed by atoms with Gasteiger partial charge >= 0.3 is 0 Å². The molecule has 2 atom stereocenters. The lowest BCUT2D eigenvalue weighted by Crippen LogP contribution is -2.50. The molecule has 0 fully saturated rings. The number of fused-ring (bicyclic) bond motifs is 1. The Labute approximate surface area is 205 Å². The van der Waals surface area contributed by atoms with E-state index in [2.05, 4.69) is 10.6 Å². The zero-order chi connectivity index (χ0) is 25.2. The molecule has 3 aromatic rings. The molecule has 0 aliphatic rings. The molecule has 0 saturated heterocycles. The Bertz CT molecular complexity index is 1150. The van der Waals surface area contributed by atoms with E-state index in [1.54, 1.807) is 5.48 Å². The molecule has 0 spiro atoms. The first-order valence-corrected chi connectivity index (χ1v) is 11.9. The highest BCUT2D eigenvalue weighted by molar-refractivity contribution is 5.91. The molecular weight excluding hydrogens is 442 g/mol. The van der Waals surface area contributed by atoms with E-state index in [1.165, 1.54) is 0 Å². The molecule has 7 heteroatoms. The first kappa shape index (κ1) is 25.9. The van der Waals surface area contributed by atoms with Gasteiger partial charge in [-0.25, -0.2) is 5.48 Å². The fraction of sp³-hybridized carbons (Fsp3) is 0.321. The Hall–Kier alpha value is -3.71. The minimum absolute atomic E-state index is 0.156. The predicted molar refractivity (Wildman–Crippen MR) is 135 cm³/mol. The summed E-state index contributed by atoms with van der Waals surface area (Å²) < 4.78 is 0. The Kier molecular flexibility index (Phi) is 9.38. The number of hydrogen-bond acceptors (Lipinski definition) is 4. The van der Waals surface area contributed by atoms with Gasteiger partial charge in [0.2, 0.25) is 17.7 Å². The van der Waals surface area contributed by atoms with Gasteiger partial charge in [-0.2, -0.15) is 0 Å². The minimum Gasteiger partial charge on any atom is -0.350 e. The van der Waals surface area contributed by atoms with Gasteiger partial charge in [0.1, 0.15) is 6.04 Å². The topological polar surface area (TPSA) is 108 Å². The highest BCUT2D eigenvalue weighted by Crippen LogP contribution is 2.19. The normalized spacial score (nSPS) is 12.7. The molecule has 0 aromatic heterocycles. The summed E-state index contributed by atoms with van der Waals surface area (Å²) in [6.07, 6.45) is 0.597. The zero-order valence-electron chi connectivity index (χ0n) is 20.2. The van der Waals surface area contributed by atoms with Gasteiger partial charge in [0.05, 0.1) is 0 Å². The van der Waals surface area contributed by atoms with E-state index in [4.69, 9.17) is 5.21 Å². The third-order valence-corrected chi connectivity index (χ3v) is 5.88. The highest BCUT2D eigenvalue weighted by atomic mass is 16.5. The largest absolute Gasteiger partial charge is 0.350 e. The van der Waals surface area contributed by atoms with Gasteiger partial charge in [0, 0.05) is 25.3 Å². The summed E-state index contributed by atoms with van der Waals surface area (Å²) in [7, 11) is 0. The SMILES string of the molecule is CC(C)C[C@@H](CC(=O)NO)C(=O)N[C@@H](Cc1ccc2ccccc2c1)C(=O)NCc1ccccc1. The summed E-state index contributed by atoms with van der Waals surface area (Å²) in [6, 6.07) is 22.7. The molecule has 3 amide bonds. The predicted octanol–water partition coefficient (Wildman–Crippen LogP) is 3.74. The number of amides is 3. The first-order chi connectivity index (χ1) is 16.9. The van der Waals surface area contributed by atoms with Crippen molar-refractivity contribution in [2.75, 3.05) is 0 Å². The van der Waals surface area contributed by atoms with Crippen LogP contribution in [0.2, 0.25) is 0 Å². The monoisotopic (exact) mass is 475 g/mol. The van der Waals surface area contributed by atoms with Crippen LogP contribution in [0.1, 0.15) is 37.8 Å². The van der Waals surface area contributed by atoms with Gasteiger partial charge in [-0.3, -0.25) is 19.6 Å². The third-order valence-electron chi connectivity index (χ3n) is 5.88. The Morgan fingerprint density at radius 2 is 1.51 bits per heavy atom. The Morgan fingerprint density at radius 1 is 0.829 bits per heavy atom. The summed E-state index contributed by atoms with van der Waals surface area (Å²) in [6.45, 7) is 4.25. The van der Waals surface area contributed by atoms with Crippen molar-refractivity contribution in [2.45, 2.75) is 45.7 Å². The van der Waals surface area contributed by atoms with Crippen LogP contribution in [-0.2, 0) is 27.3 Å². The second-order valence-corrected chi connectivity index (χ2v) is 9.22. The smallest absolute Gasteiger partial charge is 0.244 e. The van der Waals surface area contributed by atoms with Gasteiger partial charge in [-0.15, -0.1) is 0 Å². The molecule has 0 unspecified atom stereocenters.